The highest BCUT2D eigenvalue weighted by atomic mass is 14.9. The van der Waals surface area contributed by atoms with E-state index in [0.29, 0.717) is 0 Å². The van der Waals surface area contributed by atoms with E-state index in [1.54, 1.807) is 0 Å². The predicted octanol–water partition coefficient (Wildman–Crippen LogP) is 3.72. The SMILES string of the molecule is C=CCCn1ccc2cc(CNCCC)ccc21. The standard InChI is InChI=1S/C16H22N2/c1-3-5-10-18-11-8-15-12-14(6-7-16(15)18)13-17-9-4-2/h3,6-8,11-12,17H,1,4-5,9-10,13H2,2H3. The summed E-state index contributed by atoms with van der Waals surface area (Å²) in [6, 6.07) is 8.92. The van der Waals surface area contributed by atoms with Gasteiger partial charge >= 0.3 is 0 Å². The van der Waals surface area contributed by atoms with E-state index in [1.807, 2.05) is 6.08 Å². The van der Waals surface area contributed by atoms with Crippen molar-refractivity contribution in [3.05, 3.63) is 48.7 Å². The molecule has 96 valence electrons. The number of allylic oxidation sites excluding steroid dienone is 1. The van der Waals surface area contributed by atoms with Crippen LogP contribution >= 0.6 is 0 Å². The lowest BCUT2D eigenvalue weighted by atomic mass is 10.1. The second-order valence-electron chi connectivity index (χ2n) is 4.66. The normalized spacial score (nSPS) is 10.9. The first-order chi connectivity index (χ1) is 8.85. The highest BCUT2D eigenvalue weighted by Crippen LogP contribution is 2.18. The van der Waals surface area contributed by atoms with Crippen molar-refractivity contribution >= 4 is 10.9 Å². The molecule has 0 radical (unpaired) electrons. The Labute approximate surface area is 109 Å². The van der Waals surface area contributed by atoms with Crippen LogP contribution in [0.1, 0.15) is 25.3 Å². The number of hydrogen-bond acceptors (Lipinski definition) is 1. The van der Waals surface area contributed by atoms with Crippen LogP contribution in [0.3, 0.4) is 0 Å². The molecule has 2 nitrogen and oxygen atoms in total. The molecule has 1 aromatic heterocycles. The van der Waals surface area contributed by atoms with Gasteiger partial charge in [0.15, 0.2) is 0 Å². The zero-order chi connectivity index (χ0) is 12.8. The molecular weight excluding hydrogens is 220 g/mol. The summed E-state index contributed by atoms with van der Waals surface area (Å²) in [6.07, 6.45) is 6.33. The number of nitrogens with zero attached hydrogens (tertiary/aromatic N) is 1. The summed E-state index contributed by atoms with van der Waals surface area (Å²) in [4.78, 5) is 0. The van der Waals surface area contributed by atoms with E-state index in [4.69, 9.17) is 0 Å². The van der Waals surface area contributed by atoms with E-state index in [1.165, 1.54) is 22.9 Å². The Morgan fingerprint density at radius 1 is 1.33 bits per heavy atom. The van der Waals surface area contributed by atoms with Gasteiger partial charge < -0.3 is 9.88 Å². The maximum atomic E-state index is 3.77. The maximum Gasteiger partial charge on any atom is 0.0480 e. The summed E-state index contributed by atoms with van der Waals surface area (Å²) in [5.41, 5.74) is 2.67. The van der Waals surface area contributed by atoms with Crippen LogP contribution < -0.4 is 5.32 Å². The molecule has 0 aliphatic rings. The first kappa shape index (κ1) is 12.9. The highest BCUT2D eigenvalue weighted by molar-refractivity contribution is 5.80. The Morgan fingerprint density at radius 3 is 3.00 bits per heavy atom. The summed E-state index contributed by atoms with van der Waals surface area (Å²) in [5, 5.41) is 4.77. The summed E-state index contributed by atoms with van der Waals surface area (Å²) >= 11 is 0. The second-order valence-corrected chi connectivity index (χ2v) is 4.66. The molecule has 0 bridgehead atoms. The fourth-order valence-electron chi connectivity index (χ4n) is 2.19. The first-order valence-electron chi connectivity index (χ1n) is 6.74. The average Bonchev–Trinajstić information content (AvgIpc) is 2.79. The number of aromatic nitrogens is 1. The lowest BCUT2D eigenvalue weighted by Crippen LogP contribution is -2.13. The maximum absolute atomic E-state index is 3.77. The van der Waals surface area contributed by atoms with Gasteiger partial charge in [-0.2, -0.15) is 0 Å². The fourth-order valence-corrected chi connectivity index (χ4v) is 2.19. The molecule has 2 heteroatoms. The van der Waals surface area contributed by atoms with E-state index in [0.717, 1.165) is 26.1 Å². The van der Waals surface area contributed by atoms with E-state index in [-0.39, 0.29) is 0 Å². The Bertz CT molecular complexity index is 511. The number of hydrogen-bond donors (Lipinski definition) is 1. The molecule has 0 aliphatic carbocycles. The predicted molar refractivity (Wildman–Crippen MR) is 78.7 cm³/mol. The minimum atomic E-state index is 0.960. The van der Waals surface area contributed by atoms with Crippen molar-refractivity contribution in [1.29, 1.82) is 0 Å². The van der Waals surface area contributed by atoms with Crippen LogP contribution in [0.5, 0.6) is 0 Å². The van der Waals surface area contributed by atoms with Crippen LogP contribution in [0.15, 0.2) is 43.1 Å². The van der Waals surface area contributed by atoms with Crippen molar-refractivity contribution in [2.45, 2.75) is 32.9 Å². The zero-order valence-corrected chi connectivity index (χ0v) is 11.2. The monoisotopic (exact) mass is 242 g/mol. The van der Waals surface area contributed by atoms with Crippen molar-refractivity contribution in [2.75, 3.05) is 6.54 Å². The average molecular weight is 242 g/mol. The lowest BCUT2D eigenvalue weighted by molar-refractivity contribution is 0.676. The van der Waals surface area contributed by atoms with E-state index in [2.05, 4.69) is 53.8 Å². The molecule has 1 heterocycles. The number of fused-ring (bicyclic) bond motifs is 1. The van der Waals surface area contributed by atoms with Crippen molar-refractivity contribution in [3.8, 4) is 0 Å². The molecule has 0 spiro atoms. The summed E-state index contributed by atoms with van der Waals surface area (Å²) < 4.78 is 2.29. The lowest BCUT2D eigenvalue weighted by Gasteiger charge is -2.06. The van der Waals surface area contributed by atoms with Crippen molar-refractivity contribution < 1.29 is 0 Å². The quantitative estimate of drug-likeness (QED) is 0.578. The van der Waals surface area contributed by atoms with Gasteiger partial charge in [-0.25, -0.2) is 0 Å². The van der Waals surface area contributed by atoms with Gasteiger partial charge in [0.25, 0.3) is 0 Å². The molecule has 1 aromatic carbocycles. The largest absolute Gasteiger partial charge is 0.347 e. The van der Waals surface area contributed by atoms with Crippen LogP contribution in [0, 0.1) is 0 Å². The fraction of sp³-hybridized carbons (Fsp3) is 0.375. The first-order valence-corrected chi connectivity index (χ1v) is 6.74. The minimum Gasteiger partial charge on any atom is -0.347 e. The van der Waals surface area contributed by atoms with E-state index in [9.17, 15) is 0 Å². The Morgan fingerprint density at radius 2 is 2.22 bits per heavy atom. The van der Waals surface area contributed by atoms with Crippen LogP contribution in [-0.2, 0) is 13.1 Å². The topological polar surface area (TPSA) is 17.0 Å². The smallest absolute Gasteiger partial charge is 0.0480 e. The van der Waals surface area contributed by atoms with Gasteiger partial charge in [0.1, 0.15) is 0 Å². The third kappa shape index (κ3) is 3.02. The highest BCUT2D eigenvalue weighted by Gasteiger charge is 2.01. The van der Waals surface area contributed by atoms with Crippen LogP contribution in [-0.4, -0.2) is 11.1 Å². The van der Waals surface area contributed by atoms with Crippen molar-refractivity contribution in [2.24, 2.45) is 0 Å². The minimum absolute atomic E-state index is 0.960. The Hall–Kier alpha value is -1.54. The van der Waals surface area contributed by atoms with Crippen LogP contribution in [0.2, 0.25) is 0 Å². The molecule has 0 fully saturated rings. The molecule has 2 rings (SSSR count). The van der Waals surface area contributed by atoms with Gasteiger partial charge in [0.05, 0.1) is 0 Å². The van der Waals surface area contributed by atoms with Crippen molar-refractivity contribution in [1.82, 2.24) is 9.88 Å². The molecule has 0 atom stereocenters. The molecule has 0 unspecified atom stereocenters. The molecular formula is C16H22N2. The molecule has 1 N–H and O–H groups in total. The van der Waals surface area contributed by atoms with Gasteiger partial charge in [-0.05, 0) is 48.5 Å². The molecule has 0 amide bonds. The van der Waals surface area contributed by atoms with Crippen molar-refractivity contribution in [3.63, 3.8) is 0 Å². The third-order valence-electron chi connectivity index (χ3n) is 3.17. The van der Waals surface area contributed by atoms with E-state index < -0.39 is 0 Å². The Balaban J connectivity index is 2.12. The second kappa shape index (κ2) is 6.41. The molecule has 2 aromatic rings. The molecule has 0 saturated heterocycles. The van der Waals surface area contributed by atoms with Gasteiger partial charge in [-0.15, -0.1) is 6.58 Å². The van der Waals surface area contributed by atoms with Crippen LogP contribution in [0.25, 0.3) is 10.9 Å². The summed E-state index contributed by atoms with van der Waals surface area (Å²) in [5.74, 6) is 0. The van der Waals surface area contributed by atoms with E-state index >= 15 is 0 Å². The summed E-state index contributed by atoms with van der Waals surface area (Å²) in [6.45, 7) is 9.02. The number of rotatable bonds is 7. The van der Waals surface area contributed by atoms with Gasteiger partial charge in [-0.3, -0.25) is 0 Å². The Kier molecular flexibility index (Phi) is 4.59. The number of aryl methyl sites for hydroxylation is 1. The molecule has 0 aliphatic heterocycles. The zero-order valence-electron chi connectivity index (χ0n) is 11.2. The summed E-state index contributed by atoms with van der Waals surface area (Å²) in [7, 11) is 0. The number of nitrogens with one attached hydrogen (secondary N) is 1. The van der Waals surface area contributed by atoms with Gasteiger partial charge in [0, 0.05) is 24.8 Å². The third-order valence-corrected chi connectivity index (χ3v) is 3.17. The van der Waals surface area contributed by atoms with Gasteiger partial charge in [0.2, 0.25) is 0 Å². The molecule has 0 saturated carbocycles. The number of benzene rings is 1. The van der Waals surface area contributed by atoms with Crippen LogP contribution in [0.4, 0.5) is 0 Å². The van der Waals surface area contributed by atoms with Gasteiger partial charge in [-0.1, -0.05) is 19.1 Å². The molecule has 18 heavy (non-hydrogen) atoms.